The fourth-order valence-electron chi connectivity index (χ4n) is 1.57. The molecule has 0 bridgehead atoms. The van der Waals surface area contributed by atoms with Crippen LogP contribution in [0.1, 0.15) is 11.3 Å². The van der Waals surface area contributed by atoms with Crippen molar-refractivity contribution >= 4 is 32.3 Å². The molecule has 1 aromatic carbocycles. The fourth-order valence-corrected chi connectivity index (χ4v) is 2.93. The van der Waals surface area contributed by atoms with Crippen LogP contribution in [0.2, 0.25) is 0 Å². The van der Waals surface area contributed by atoms with E-state index in [0.29, 0.717) is 0 Å². The Morgan fingerprint density at radius 1 is 1.31 bits per heavy atom. The molecular formula is C12H13BrN2S. The summed E-state index contributed by atoms with van der Waals surface area (Å²) in [7, 11) is 1.93. The highest BCUT2D eigenvalue weighted by atomic mass is 79.9. The van der Waals surface area contributed by atoms with Crippen LogP contribution in [0.5, 0.6) is 0 Å². The number of hydrogen-bond acceptors (Lipinski definition) is 3. The number of nitrogens with one attached hydrogen (secondary N) is 1. The quantitative estimate of drug-likeness (QED) is 0.897. The molecule has 2 nitrogen and oxygen atoms in total. The molecular weight excluding hydrogens is 284 g/mol. The molecule has 0 aliphatic carbocycles. The third-order valence-corrected chi connectivity index (χ3v) is 4.16. The lowest BCUT2D eigenvalue weighted by Gasteiger charge is -2.02. The van der Waals surface area contributed by atoms with Crippen molar-refractivity contribution in [2.45, 2.75) is 13.8 Å². The van der Waals surface area contributed by atoms with Crippen LogP contribution in [0.4, 0.5) is 5.00 Å². The van der Waals surface area contributed by atoms with Crippen LogP contribution in [-0.4, -0.2) is 12.0 Å². The smallest absolute Gasteiger partial charge is 0.125 e. The molecule has 84 valence electrons. The standard InChI is InChI=1S/C12H13BrN2S/c1-7-4-5-9(13)6-10(7)12-15-8(2)11(14-3)16-12/h4-6,14H,1-3H3. The summed E-state index contributed by atoms with van der Waals surface area (Å²) >= 11 is 5.19. The minimum Gasteiger partial charge on any atom is -0.378 e. The van der Waals surface area contributed by atoms with Crippen LogP contribution in [0.25, 0.3) is 10.6 Å². The van der Waals surface area contributed by atoms with Crippen molar-refractivity contribution in [2.24, 2.45) is 0 Å². The molecule has 0 atom stereocenters. The van der Waals surface area contributed by atoms with Gasteiger partial charge >= 0.3 is 0 Å². The van der Waals surface area contributed by atoms with Crippen LogP contribution in [0, 0.1) is 13.8 Å². The van der Waals surface area contributed by atoms with Crippen molar-refractivity contribution in [3.8, 4) is 10.6 Å². The summed E-state index contributed by atoms with van der Waals surface area (Å²) in [5.41, 5.74) is 3.51. The molecule has 1 aromatic heterocycles. The van der Waals surface area contributed by atoms with Crippen LogP contribution in [0.15, 0.2) is 22.7 Å². The SMILES string of the molecule is CNc1sc(-c2cc(Br)ccc2C)nc1C. The van der Waals surface area contributed by atoms with E-state index in [-0.39, 0.29) is 0 Å². The van der Waals surface area contributed by atoms with E-state index in [4.69, 9.17) is 0 Å². The molecule has 1 N–H and O–H groups in total. The number of thiazole rings is 1. The Kier molecular flexibility index (Phi) is 3.30. The number of anilines is 1. The highest BCUT2D eigenvalue weighted by molar-refractivity contribution is 9.10. The lowest BCUT2D eigenvalue weighted by atomic mass is 10.1. The van der Waals surface area contributed by atoms with Crippen molar-refractivity contribution in [1.82, 2.24) is 4.98 Å². The third kappa shape index (κ3) is 2.13. The van der Waals surface area contributed by atoms with Gasteiger partial charge in [-0.2, -0.15) is 0 Å². The van der Waals surface area contributed by atoms with Gasteiger partial charge in [-0.05, 0) is 31.5 Å². The molecule has 16 heavy (non-hydrogen) atoms. The van der Waals surface area contributed by atoms with Crippen LogP contribution < -0.4 is 5.32 Å². The molecule has 4 heteroatoms. The Hall–Kier alpha value is -0.870. The minimum absolute atomic E-state index is 1.06. The van der Waals surface area contributed by atoms with Gasteiger partial charge in [0.15, 0.2) is 0 Å². The van der Waals surface area contributed by atoms with Crippen molar-refractivity contribution < 1.29 is 0 Å². The average Bonchev–Trinajstić information content (AvgIpc) is 2.63. The Morgan fingerprint density at radius 2 is 2.06 bits per heavy atom. The zero-order valence-corrected chi connectivity index (χ0v) is 11.9. The summed E-state index contributed by atoms with van der Waals surface area (Å²) in [6.07, 6.45) is 0. The van der Waals surface area contributed by atoms with Gasteiger partial charge in [0.25, 0.3) is 0 Å². The number of hydrogen-bond donors (Lipinski definition) is 1. The molecule has 2 aromatic rings. The van der Waals surface area contributed by atoms with Crippen molar-refractivity contribution in [2.75, 3.05) is 12.4 Å². The average molecular weight is 297 g/mol. The Bertz CT molecular complexity index is 520. The van der Waals surface area contributed by atoms with E-state index >= 15 is 0 Å². The predicted octanol–water partition coefficient (Wildman–Crippen LogP) is 4.23. The van der Waals surface area contributed by atoms with Crippen molar-refractivity contribution in [3.05, 3.63) is 33.9 Å². The van der Waals surface area contributed by atoms with Gasteiger partial charge in [0.2, 0.25) is 0 Å². The molecule has 0 aliphatic heterocycles. The zero-order chi connectivity index (χ0) is 11.7. The van der Waals surface area contributed by atoms with Crippen LogP contribution in [-0.2, 0) is 0 Å². The second kappa shape index (κ2) is 4.55. The molecule has 0 saturated carbocycles. The maximum atomic E-state index is 4.59. The second-order valence-corrected chi connectivity index (χ2v) is 5.56. The second-order valence-electron chi connectivity index (χ2n) is 3.64. The fraction of sp³-hybridized carbons (Fsp3) is 0.250. The van der Waals surface area contributed by atoms with E-state index in [0.717, 1.165) is 20.2 Å². The summed E-state index contributed by atoms with van der Waals surface area (Å²) in [6.45, 7) is 4.14. The van der Waals surface area contributed by atoms with Gasteiger partial charge in [-0.3, -0.25) is 0 Å². The van der Waals surface area contributed by atoms with Gasteiger partial charge in [-0.15, -0.1) is 0 Å². The van der Waals surface area contributed by atoms with Crippen LogP contribution in [0.3, 0.4) is 0 Å². The zero-order valence-electron chi connectivity index (χ0n) is 9.47. The first-order valence-corrected chi connectivity index (χ1v) is 6.64. The largest absolute Gasteiger partial charge is 0.378 e. The number of aryl methyl sites for hydroxylation is 2. The first-order valence-electron chi connectivity index (χ1n) is 5.03. The summed E-state index contributed by atoms with van der Waals surface area (Å²) in [5.74, 6) is 0. The van der Waals surface area contributed by atoms with E-state index in [1.165, 1.54) is 11.1 Å². The summed E-state index contributed by atoms with van der Waals surface area (Å²) in [5, 5.41) is 5.37. The molecule has 0 radical (unpaired) electrons. The number of aromatic nitrogens is 1. The van der Waals surface area contributed by atoms with Gasteiger partial charge in [-0.1, -0.05) is 33.3 Å². The number of nitrogens with zero attached hydrogens (tertiary/aromatic N) is 1. The third-order valence-electron chi connectivity index (χ3n) is 2.45. The van der Waals surface area contributed by atoms with Gasteiger partial charge < -0.3 is 5.32 Å². The molecule has 0 unspecified atom stereocenters. The Labute approximate surface area is 108 Å². The number of rotatable bonds is 2. The summed E-state index contributed by atoms with van der Waals surface area (Å²) in [4.78, 5) is 4.59. The lowest BCUT2D eigenvalue weighted by Crippen LogP contribution is -1.85. The number of benzene rings is 1. The topological polar surface area (TPSA) is 24.9 Å². The molecule has 0 amide bonds. The predicted molar refractivity (Wildman–Crippen MR) is 74.3 cm³/mol. The molecule has 0 spiro atoms. The Morgan fingerprint density at radius 3 is 2.69 bits per heavy atom. The van der Waals surface area contributed by atoms with Crippen molar-refractivity contribution in [1.29, 1.82) is 0 Å². The monoisotopic (exact) mass is 296 g/mol. The highest BCUT2D eigenvalue weighted by Gasteiger charge is 2.10. The summed E-state index contributed by atoms with van der Waals surface area (Å²) < 4.78 is 1.09. The van der Waals surface area contributed by atoms with Crippen molar-refractivity contribution in [3.63, 3.8) is 0 Å². The molecule has 0 saturated heterocycles. The van der Waals surface area contributed by atoms with Gasteiger partial charge in [0.05, 0.1) is 5.69 Å². The molecule has 0 aliphatic rings. The van der Waals surface area contributed by atoms with E-state index < -0.39 is 0 Å². The lowest BCUT2D eigenvalue weighted by molar-refractivity contribution is 1.25. The molecule has 2 rings (SSSR count). The molecule has 1 heterocycles. The van der Waals surface area contributed by atoms with E-state index in [1.54, 1.807) is 11.3 Å². The first-order chi connectivity index (χ1) is 7.61. The van der Waals surface area contributed by atoms with E-state index in [1.807, 2.05) is 14.0 Å². The Balaban J connectivity index is 2.53. The first kappa shape index (κ1) is 11.6. The van der Waals surface area contributed by atoms with Gasteiger partial charge in [0, 0.05) is 17.1 Å². The normalized spacial score (nSPS) is 10.5. The highest BCUT2D eigenvalue weighted by Crippen LogP contribution is 2.34. The number of halogens is 1. The maximum Gasteiger partial charge on any atom is 0.125 e. The maximum absolute atomic E-state index is 4.59. The minimum atomic E-state index is 1.06. The van der Waals surface area contributed by atoms with E-state index in [2.05, 4.69) is 51.4 Å². The molecule has 0 fully saturated rings. The summed E-state index contributed by atoms with van der Waals surface area (Å²) in [6, 6.07) is 6.28. The van der Waals surface area contributed by atoms with Crippen LogP contribution >= 0.6 is 27.3 Å². The van der Waals surface area contributed by atoms with E-state index in [9.17, 15) is 0 Å². The van der Waals surface area contributed by atoms with Gasteiger partial charge in [-0.25, -0.2) is 4.98 Å². The van der Waals surface area contributed by atoms with Gasteiger partial charge in [0.1, 0.15) is 10.0 Å².